The molecule has 10 heteroatoms. The lowest BCUT2D eigenvalue weighted by Gasteiger charge is -2.28. The van der Waals surface area contributed by atoms with Crippen molar-refractivity contribution in [1.82, 2.24) is 14.5 Å². The number of anilines is 1. The Hall–Kier alpha value is -2.98. The molecule has 0 spiro atoms. The van der Waals surface area contributed by atoms with Crippen molar-refractivity contribution in [2.24, 2.45) is 14.1 Å². The first-order valence-electron chi connectivity index (χ1n) is 9.85. The first-order valence-corrected chi connectivity index (χ1v) is 9.85. The second-order valence-electron chi connectivity index (χ2n) is 7.31. The zero-order chi connectivity index (χ0) is 22.3. The number of nitro groups is 1. The van der Waals surface area contributed by atoms with Gasteiger partial charge >= 0.3 is 5.69 Å². The minimum absolute atomic E-state index is 0.0835. The average molecular weight is 419 g/mol. The highest BCUT2D eigenvalue weighted by Crippen LogP contribution is 2.13. The second kappa shape index (κ2) is 10.7. The van der Waals surface area contributed by atoms with Gasteiger partial charge < -0.3 is 15.3 Å². The van der Waals surface area contributed by atoms with E-state index in [1.807, 2.05) is 4.90 Å². The van der Waals surface area contributed by atoms with E-state index >= 15 is 0 Å². The molecular formula is C20H29N5O5. The molecule has 0 aliphatic rings. The Balaban J connectivity index is 1.88. The van der Waals surface area contributed by atoms with Gasteiger partial charge in [-0.05, 0) is 31.9 Å². The zero-order valence-electron chi connectivity index (χ0n) is 17.6. The summed E-state index contributed by atoms with van der Waals surface area (Å²) in [5, 5.41) is 23.8. The highest BCUT2D eigenvalue weighted by atomic mass is 16.6. The molecule has 10 nitrogen and oxygen atoms in total. The summed E-state index contributed by atoms with van der Waals surface area (Å²) in [4.78, 5) is 36.3. The molecule has 1 aromatic heterocycles. The molecule has 0 saturated heterocycles. The highest BCUT2D eigenvalue weighted by molar-refractivity contribution is 5.38. The molecule has 0 aliphatic heterocycles. The van der Waals surface area contributed by atoms with E-state index in [2.05, 4.69) is 5.32 Å². The Morgan fingerprint density at radius 3 is 2.43 bits per heavy atom. The number of nitro benzene ring substituents is 1. The van der Waals surface area contributed by atoms with Crippen LogP contribution in [0.4, 0.5) is 11.5 Å². The number of rotatable bonds is 11. The van der Waals surface area contributed by atoms with Crippen LogP contribution < -0.4 is 21.5 Å². The molecule has 0 saturated carbocycles. The van der Waals surface area contributed by atoms with Crippen LogP contribution in [0.5, 0.6) is 0 Å². The van der Waals surface area contributed by atoms with Crippen LogP contribution >= 0.6 is 0 Å². The number of hydrogen-bond acceptors (Lipinski definition) is 7. The smallest absolute Gasteiger partial charge is 0.332 e. The van der Waals surface area contributed by atoms with Gasteiger partial charge in [0, 0.05) is 51.9 Å². The SMILES string of the molecule is CC(O)CN(CCNCCCc1ccc([N+](=O)[O-])cc1)c1cc(=O)n(C)c(=O)n1C. The molecule has 0 bridgehead atoms. The largest absolute Gasteiger partial charge is 0.392 e. The molecule has 0 fully saturated rings. The Morgan fingerprint density at radius 2 is 1.83 bits per heavy atom. The molecule has 0 amide bonds. The molecule has 0 radical (unpaired) electrons. The van der Waals surface area contributed by atoms with Gasteiger partial charge in [-0.15, -0.1) is 0 Å². The van der Waals surface area contributed by atoms with Gasteiger partial charge in [0.1, 0.15) is 5.82 Å². The summed E-state index contributed by atoms with van der Waals surface area (Å²) >= 11 is 0. The van der Waals surface area contributed by atoms with Crippen LogP contribution in [0.15, 0.2) is 39.9 Å². The van der Waals surface area contributed by atoms with Crippen molar-refractivity contribution >= 4 is 11.5 Å². The van der Waals surface area contributed by atoms with E-state index in [4.69, 9.17) is 0 Å². The standard InChI is InChI=1S/C20H29N5O5/c1-15(26)14-24(18-13-19(27)23(3)20(28)22(18)2)12-11-21-10-4-5-16-6-8-17(9-7-16)25(29)30/h6-9,13,15,21,26H,4-5,10-12,14H2,1-3H3. The molecule has 2 aromatic rings. The van der Waals surface area contributed by atoms with Crippen LogP contribution in [-0.4, -0.2) is 51.4 Å². The number of hydrogen-bond donors (Lipinski definition) is 2. The van der Waals surface area contributed by atoms with Crippen LogP contribution in [0, 0.1) is 10.1 Å². The van der Waals surface area contributed by atoms with E-state index in [0.717, 1.165) is 29.5 Å². The van der Waals surface area contributed by atoms with E-state index in [0.29, 0.717) is 25.5 Å². The third-order valence-corrected chi connectivity index (χ3v) is 4.83. The maximum absolute atomic E-state index is 12.2. The molecule has 1 heterocycles. The van der Waals surface area contributed by atoms with Crippen molar-refractivity contribution in [2.45, 2.75) is 25.9 Å². The number of aryl methyl sites for hydroxylation is 1. The van der Waals surface area contributed by atoms with Crippen molar-refractivity contribution in [3.63, 3.8) is 0 Å². The lowest BCUT2D eigenvalue weighted by molar-refractivity contribution is -0.384. The van der Waals surface area contributed by atoms with E-state index in [1.54, 1.807) is 26.1 Å². The second-order valence-corrected chi connectivity index (χ2v) is 7.31. The summed E-state index contributed by atoms with van der Waals surface area (Å²) in [7, 11) is 3.03. The average Bonchev–Trinajstić information content (AvgIpc) is 2.70. The van der Waals surface area contributed by atoms with Crippen LogP contribution in [0.25, 0.3) is 0 Å². The third-order valence-electron chi connectivity index (χ3n) is 4.83. The fourth-order valence-corrected chi connectivity index (χ4v) is 3.18. The molecule has 1 unspecified atom stereocenters. The molecule has 30 heavy (non-hydrogen) atoms. The first-order chi connectivity index (χ1) is 14.2. The number of benzene rings is 1. The summed E-state index contributed by atoms with van der Waals surface area (Å²) in [5.74, 6) is 0.469. The minimum Gasteiger partial charge on any atom is -0.392 e. The predicted octanol–water partition coefficient (Wildman–Crippen LogP) is 0.402. The fourth-order valence-electron chi connectivity index (χ4n) is 3.18. The van der Waals surface area contributed by atoms with Gasteiger partial charge in [0.2, 0.25) is 0 Å². The number of aliphatic hydroxyl groups excluding tert-OH is 1. The van der Waals surface area contributed by atoms with Gasteiger partial charge in [0.05, 0.1) is 11.0 Å². The van der Waals surface area contributed by atoms with Crippen molar-refractivity contribution < 1.29 is 10.0 Å². The molecule has 1 aromatic carbocycles. The Labute approximate surface area is 174 Å². The summed E-state index contributed by atoms with van der Waals surface area (Å²) in [6.07, 6.45) is 1.04. The molecule has 2 N–H and O–H groups in total. The number of aromatic nitrogens is 2. The van der Waals surface area contributed by atoms with Gasteiger partial charge in [0.15, 0.2) is 0 Å². The van der Waals surface area contributed by atoms with E-state index in [1.165, 1.54) is 29.8 Å². The van der Waals surface area contributed by atoms with Crippen molar-refractivity contribution in [1.29, 1.82) is 0 Å². The summed E-state index contributed by atoms with van der Waals surface area (Å²) in [6.45, 7) is 3.82. The van der Waals surface area contributed by atoms with Gasteiger partial charge in [-0.1, -0.05) is 12.1 Å². The maximum Gasteiger partial charge on any atom is 0.332 e. The van der Waals surface area contributed by atoms with Gasteiger partial charge in [-0.3, -0.25) is 24.0 Å². The Bertz CT molecular complexity index is 965. The minimum atomic E-state index is -0.619. The van der Waals surface area contributed by atoms with Crippen molar-refractivity contribution in [2.75, 3.05) is 31.1 Å². The molecule has 1 atom stereocenters. The molecule has 164 valence electrons. The molecular weight excluding hydrogens is 390 g/mol. The topological polar surface area (TPSA) is 123 Å². The van der Waals surface area contributed by atoms with Crippen LogP contribution in [0.2, 0.25) is 0 Å². The third kappa shape index (κ3) is 6.26. The lowest BCUT2D eigenvalue weighted by atomic mass is 10.1. The Morgan fingerprint density at radius 1 is 1.17 bits per heavy atom. The van der Waals surface area contributed by atoms with Crippen LogP contribution in [0.1, 0.15) is 18.9 Å². The number of non-ortho nitro benzene ring substituents is 1. The normalized spacial score (nSPS) is 12.0. The number of aliphatic hydroxyl groups is 1. The fraction of sp³-hybridized carbons (Fsp3) is 0.500. The van der Waals surface area contributed by atoms with Gasteiger partial charge in [-0.2, -0.15) is 0 Å². The Kier molecular flexibility index (Phi) is 8.31. The zero-order valence-corrected chi connectivity index (χ0v) is 17.6. The lowest BCUT2D eigenvalue weighted by Crippen LogP contribution is -2.44. The number of nitrogens with one attached hydrogen (secondary N) is 1. The predicted molar refractivity (Wildman–Crippen MR) is 115 cm³/mol. The summed E-state index contributed by atoms with van der Waals surface area (Å²) < 4.78 is 2.44. The summed E-state index contributed by atoms with van der Waals surface area (Å²) in [5.41, 5.74) is 0.317. The van der Waals surface area contributed by atoms with E-state index < -0.39 is 16.7 Å². The quantitative estimate of drug-likeness (QED) is 0.307. The molecule has 2 rings (SSSR count). The summed E-state index contributed by atoms with van der Waals surface area (Å²) in [6, 6.07) is 7.94. The first kappa shape index (κ1) is 23.3. The van der Waals surface area contributed by atoms with Crippen LogP contribution in [0.3, 0.4) is 0 Å². The maximum atomic E-state index is 12.2. The van der Waals surface area contributed by atoms with Crippen LogP contribution in [-0.2, 0) is 20.5 Å². The van der Waals surface area contributed by atoms with Gasteiger partial charge in [-0.25, -0.2) is 4.79 Å². The van der Waals surface area contributed by atoms with Gasteiger partial charge in [0.25, 0.3) is 11.2 Å². The highest BCUT2D eigenvalue weighted by Gasteiger charge is 2.15. The van der Waals surface area contributed by atoms with Crippen molar-refractivity contribution in [3.8, 4) is 0 Å². The van der Waals surface area contributed by atoms with Crippen molar-refractivity contribution in [3.05, 3.63) is 66.8 Å². The van der Waals surface area contributed by atoms with E-state index in [9.17, 15) is 24.8 Å². The molecule has 0 aliphatic carbocycles. The monoisotopic (exact) mass is 419 g/mol. The van der Waals surface area contributed by atoms with E-state index in [-0.39, 0.29) is 11.2 Å². The number of nitrogens with zero attached hydrogens (tertiary/aromatic N) is 4.